The van der Waals surface area contributed by atoms with Crippen LogP contribution in [0.2, 0.25) is 0 Å². The number of hydrogen-bond acceptors (Lipinski definition) is 2. The third-order valence-corrected chi connectivity index (χ3v) is 6.50. The van der Waals surface area contributed by atoms with E-state index in [1.807, 2.05) is 6.07 Å². The zero-order valence-corrected chi connectivity index (χ0v) is 15.8. The van der Waals surface area contributed by atoms with Crippen molar-refractivity contribution in [1.82, 2.24) is 4.90 Å². The average molecular weight is 365 g/mol. The Morgan fingerprint density at radius 1 is 0.821 bits per heavy atom. The molecule has 2 aliphatic heterocycles. The van der Waals surface area contributed by atoms with Crippen LogP contribution in [0.1, 0.15) is 30.4 Å². The largest absolute Gasteiger partial charge is 0.455 e. The molecular weight excluding hydrogens is 342 g/mol. The van der Waals surface area contributed by atoms with Gasteiger partial charge < -0.3 is 4.42 Å². The van der Waals surface area contributed by atoms with E-state index in [2.05, 4.69) is 77.7 Å². The number of furan rings is 1. The lowest BCUT2D eigenvalue weighted by atomic mass is 9.93. The molecule has 0 amide bonds. The van der Waals surface area contributed by atoms with Crippen LogP contribution in [0.25, 0.3) is 27.5 Å². The van der Waals surface area contributed by atoms with Gasteiger partial charge in [-0.15, -0.1) is 0 Å². The molecule has 6 rings (SSSR count). The summed E-state index contributed by atoms with van der Waals surface area (Å²) in [5, 5.41) is 2.44. The molecule has 28 heavy (non-hydrogen) atoms. The maximum atomic E-state index is 6.30. The molecule has 0 spiro atoms. The molecular formula is C26H23NO. The normalized spacial score (nSPS) is 22.1. The quantitative estimate of drug-likeness (QED) is 0.417. The molecule has 1 aromatic heterocycles. The Balaban J connectivity index is 1.39. The Hall–Kier alpha value is -2.84. The van der Waals surface area contributed by atoms with E-state index < -0.39 is 0 Å². The summed E-state index contributed by atoms with van der Waals surface area (Å²) < 4.78 is 6.30. The number of hydrogen-bond donors (Lipinski definition) is 0. The standard InChI is InChI=1S/C26H23NO/c1-2-7-18(8-3-1)17-27-20-13-14-21(27)16-19(15-20)22-10-6-11-24-23-9-4-5-12-25(23)28-26(22)24/h1-12,15,20-21H,13-14,16-17H2. The molecule has 0 radical (unpaired) electrons. The summed E-state index contributed by atoms with van der Waals surface area (Å²) in [4.78, 5) is 2.69. The number of fused-ring (bicyclic) bond motifs is 5. The maximum absolute atomic E-state index is 6.30. The summed E-state index contributed by atoms with van der Waals surface area (Å²) in [5.41, 5.74) is 6.18. The molecule has 3 heterocycles. The van der Waals surface area contributed by atoms with Gasteiger partial charge in [-0.05, 0) is 36.5 Å². The van der Waals surface area contributed by atoms with Crippen molar-refractivity contribution in [3.05, 3.63) is 90.0 Å². The zero-order chi connectivity index (χ0) is 18.5. The van der Waals surface area contributed by atoms with Crippen molar-refractivity contribution in [3.63, 3.8) is 0 Å². The second-order valence-corrected chi connectivity index (χ2v) is 8.13. The second kappa shape index (κ2) is 6.35. The van der Waals surface area contributed by atoms with Crippen molar-refractivity contribution < 1.29 is 4.42 Å². The van der Waals surface area contributed by atoms with Gasteiger partial charge in [0.1, 0.15) is 11.2 Å². The fourth-order valence-corrected chi connectivity index (χ4v) is 5.16. The molecule has 0 aliphatic carbocycles. The summed E-state index contributed by atoms with van der Waals surface area (Å²) in [5.74, 6) is 0. The van der Waals surface area contributed by atoms with Crippen LogP contribution < -0.4 is 0 Å². The van der Waals surface area contributed by atoms with Crippen LogP contribution in [0.5, 0.6) is 0 Å². The predicted molar refractivity (Wildman–Crippen MR) is 115 cm³/mol. The van der Waals surface area contributed by atoms with Crippen LogP contribution in [-0.2, 0) is 6.54 Å². The third kappa shape index (κ3) is 2.52. The van der Waals surface area contributed by atoms with E-state index in [0.717, 1.165) is 24.1 Å². The Kier molecular flexibility index (Phi) is 3.66. The fraction of sp³-hybridized carbons (Fsp3) is 0.231. The van der Waals surface area contributed by atoms with E-state index in [-0.39, 0.29) is 0 Å². The van der Waals surface area contributed by atoms with Gasteiger partial charge in [0.25, 0.3) is 0 Å². The molecule has 2 unspecified atom stereocenters. The highest BCUT2D eigenvalue weighted by atomic mass is 16.3. The van der Waals surface area contributed by atoms with Crippen LogP contribution in [0.3, 0.4) is 0 Å². The van der Waals surface area contributed by atoms with Gasteiger partial charge in [-0.3, -0.25) is 4.90 Å². The first-order valence-corrected chi connectivity index (χ1v) is 10.3. The molecule has 2 bridgehead atoms. The van der Waals surface area contributed by atoms with Gasteiger partial charge in [0.15, 0.2) is 0 Å². The van der Waals surface area contributed by atoms with E-state index in [1.54, 1.807) is 0 Å². The van der Waals surface area contributed by atoms with Crippen molar-refractivity contribution in [2.75, 3.05) is 0 Å². The Morgan fingerprint density at radius 3 is 2.54 bits per heavy atom. The Labute approximate surface area is 165 Å². The van der Waals surface area contributed by atoms with E-state index >= 15 is 0 Å². The van der Waals surface area contributed by atoms with Gasteiger partial charge in [-0.25, -0.2) is 0 Å². The molecule has 1 fully saturated rings. The molecule has 2 aliphatic rings. The van der Waals surface area contributed by atoms with Crippen molar-refractivity contribution in [1.29, 1.82) is 0 Å². The van der Waals surface area contributed by atoms with E-state index in [9.17, 15) is 0 Å². The first-order valence-electron chi connectivity index (χ1n) is 10.3. The van der Waals surface area contributed by atoms with E-state index in [4.69, 9.17) is 4.42 Å². The van der Waals surface area contributed by atoms with Gasteiger partial charge in [-0.1, -0.05) is 72.8 Å². The fourth-order valence-electron chi connectivity index (χ4n) is 5.16. The van der Waals surface area contributed by atoms with Crippen molar-refractivity contribution in [2.24, 2.45) is 0 Å². The van der Waals surface area contributed by atoms with Crippen molar-refractivity contribution in [2.45, 2.75) is 37.9 Å². The summed E-state index contributed by atoms with van der Waals surface area (Å²) in [7, 11) is 0. The third-order valence-electron chi connectivity index (χ3n) is 6.50. The van der Waals surface area contributed by atoms with E-state index in [1.165, 1.54) is 40.3 Å². The average Bonchev–Trinajstić information content (AvgIpc) is 3.21. The number of rotatable bonds is 3. The van der Waals surface area contributed by atoms with Gasteiger partial charge in [0.2, 0.25) is 0 Å². The number of para-hydroxylation sites is 2. The molecule has 0 N–H and O–H groups in total. The smallest absolute Gasteiger partial charge is 0.142 e. The summed E-state index contributed by atoms with van der Waals surface area (Å²) in [6.07, 6.45) is 6.17. The summed E-state index contributed by atoms with van der Waals surface area (Å²) >= 11 is 0. The summed E-state index contributed by atoms with van der Waals surface area (Å²) in [6.45, 7) is 1.05. The van der Waals surface area contributed by atoms with Crippen molar-refractivity contribution in [3.8, 4) is 0 Å². The van der Waals surface area contributed by atoms with Gasteiger partial charge in [0.05, 0.1) is 0 Å². The Morgan fingerprint density at radius 2 is 1.64 bits per heavy atom. The molecule has 2 heteroatoms. The first-order chi connectivity index (χ1) is 13.9. The highest BCUT2D eigenvalue weighted by molar-refractivity contribution is 6.08. The lowest BCUT2D eigenvalue weighted by Crippen LogP contribution is -2.37. The Bertz CT molecular complexity index is 1190. The molecule has 138 valence electrons. The van der Waals surface area contributed by atoms with Crippen LogP contribution in [0.15, 0.2) is 83.3 Å². The minimum atomic E-state index is 0.536. The second-order valence-electron chi connectivity index (χ2n) is 8.13. The monoisotopic (exact) mass is 365 g/mol. The minimum Gasteiger partial charge on any atom is -0.455 e. The van der Waals surface area contributed by atoms with Gasteiger partial charge in [0, 0.05) is 35.0 Å². The first kappa shape index (κ1) is 16.1. The maximum Gasteiger partial charge on any atom is 0.142 e. The molecule has 1 saturated heterocycles. The lowest BCUT2D eigenvalue weighted by Gasteiger charge is -2.34. The molecule has 2 nitrogen and oxygen atoms in total. The van der Waals surface area contributed by atoms with Crippen LogP contribution >= 0.6 is 0 Å². The number of nitrogens with zero attached hydrogens (tertiary/aromatic N) is 1. The highest BCUT2D eigenvalue weighted by Crippen LogP contribution is 2.42. The SMILES string of the molecule is C1=C(c2cccc3c2oc2ccccc23)CC2CCC1N2Cc1ccccc1. The van der Waals surface area contributed by atoms with Gasteiger partial charge >= 0.3 is 0 Å². The lowest BCUT2D eigenvalue weighted by molar-refractivity contribution is 0.203. The molecule has 4 aromatic rings. The molecule has 2 atom stereocenters. The van der Waals surface area contributed by atoms with Crippen molar-refractivity contribution >= 4 is 27.5 Å². The van der Waals surface area contributed by atoms with Crippen LogP contribution in [0.4, 0.5) is 0 Å². The number of benzene rings is 3. The molecule has 3 aromatic carbocycles. The topological polar surface area (TPSA) is 16.4 Å². The predicted octanol–water partition coefficient (Wildman–Crippen LogP) is 6.41. The molecule has 0 saturated carbocycles. The van der Waals surface area contributed by atoms with Gasteiger partial charge in [-0.2, -0.15) is 0 Å². The zero-order valence-electron chi connectivity index (χ0n) is 15.8. The highest BCUT2D eigenvalue weighted by Gasteiger charge is 2.37. The van der Waals surface area contributed by atoms with Crippen LogP contribution in [0, 0.1) is 0 Å². The van der Waals surface area contributed by atoms with Crippen LogP contribution in [-0.4, -0.2) is 17.0 Å². The summed E-state index contributed by atoms with van der Waals surface area (Å²) in [6, 6.07) is 27.0. The van der Waals surface area contributed by atoms with E-state index in [0.29, 0.717) is 12.1 Å². The minimum absolute atomic E-state index is 0.536.